The average Bonchev–Trinajstić information content (AvgIpc) is 2.74. The first kappa shape index (κ1) is 31.3. The molecule has 0 unspecified atom stereocenters. The number of carbonyl (C=O) groups is 1. The number of morpholine rings is 1. The topological polar surface area (TPSA) is 62.7 Å². The lowest BCUT2D eigenvalue weighted by molar-refractivity contribution is 0.0503. The summed E-state index contributed by atoms with van der Waals surface area (Å²) in [6.07, 6.45) is 3.37. The molecular weight excluding hydrogens is 382 g/mol. The molecule has 3 saturated heterocycles. The summed E-state index contributed by atoms with van der Waals surface area (Å²) in [6, 6.07) is 0. The lowest BCUT2D eigenvalue weighted by Gasteiger charge is -2.28. The maximum absolute atomic E-state index is 9.62. The molecule has 8 heteroatoms. The predicted octanol–water partition coefficient (Wildman–Crippen LogP) is 2.17. The molecule has 8 nitrogen and oxygen atoms in total. The Bertz CT molecular complexity index is 340. The van der Waals surface area contributed by atoms with Gasteiger partial charge in [0, 0.05) is 53.4 Å². The quantitative estimate of drug-likeness (QED) is 0.628. The van der Waals surface area contributed by atoms with Gasteiger partial charge in [0.05, 0.1) is 13.2 Å². The van der Waals surface area contributed by atoms with E-state index in [2.05, 4.69) is 47.8 Å². The summed E-state index contributed by atoms with van der Waals surface area (Å²) in [5, 5.41) is 7.92. The first-order valence-corrected chi connectivity index (χ1v) is 11.4. The Labute approximate surface area is 186 Å². The third-order valence-electron chi connectivity index (χ3n) is 4.92. The van der Waals surface area contributed by atoms with E-state index < -0.39 is 6.09 Å². The molecule has 0 aromatic heterocycles. The normalized spacial score (nSPS) is 20.5. The smallest absolute Gasteiger partial charge is 0.406 e. The van der Waals surface area contributed by atoms with E-state index in [1.165, 1.54) is 72.6 Å². The van der Waals surface area contributed by atoms with Crippen molar-refractivity contribution in [2.75, 3.05) is 108 Å². The van der Waals surface area contributed by atoms with Crippen molar-refractivity contribution in [3.63, 3.8) is 0 Å². The second kappa shape index (κ2) is 21.3. The fraction of sp³-hybridized carbons (Fsp3) is 0.955. The summed E-state index contributed by atoms with van der Waals surface area (Å²) in [4.78, 5) is 20.1. The standard InChI is InChI=1S/C6H14N2.C6H13N.C5H11NO.C3H7NO2.C2H6/c1-7-3-5-8(2)6-4-7;1-7-5-3-2-4-6-7;1-6-2-4-7-5-3-6;1-4(2)3(5)6;1-2/h3-6H2,1-2H3;2-6H2,1H3;2-5H2,1H3;1-2H3,(H,5,6);1-2H3. The van der Waals surface area contributed by atoms with E-state index in [1.54, 1.807) is 0 Å². The monoisotopic (exact) mass is 433 g/mol. The zero-order chi connectivity index (χ0) is 23.4. The Morgan fingerprint density at radius 1 is 0.667 bits per heavy atom. The summed E-state index contributed by atoms with van der Waals surface area (Å²) in [6.45, 7) is 15.6. The minimum atomic E-state index is -0.907. The Morgan fingerprint density at radius 2 is 0.967 bits per heavy atom. The Hall–Kier alpha value is -0.930. The van der Waals surface area contributed by atoms with Crippen LogP contribution in [0.3, 0.4) is 0 Å². The van der Waals surface area contributed by atoms with E-state index in [1.807, 2.05) is 13.8 Å². The van der Waals surface area contributed by atoms with Crippen LogP contribution in [0.5, 0.6) is 0 Å². The van der Waals surface area contributed by atoms with Crippen LogP contribution in [-0.4, -0.2) is 144 Å². The molecule has 0 aromatic carbocycles. The minimum absolute atomic E-state index is 0.907. The summed E-state index contributed by atoms with van der Waals surface area (Å²) >= 11 is 0. The highest BCUT2D eigenvalue weighted by Gasteiger charge is 2.07. The van der Waals surface area contributed by atoms with Crippen LogP contribution in [0.1, 0.15) is 33.1 Å². The molecule has 182 valence electrons. The Morgan fingerprint density at radius 3 is 1.17 bits per heavy atom. The Kier molecular flexibility index (Phi) is 22.2. The van der Waals surface area contributed by atoms with Gasteiger partial charge in [-0.3, -0.25) is 0 Å². The van der Waals surface area contributed by atoms with Crippen LogP contribution in [0.4, 0.5) is 4.79 Å². The van der Waals surface area contributed by atoms with Crippen LogP contribution in [0.15, 0.2) is 0 Å². The number of likely N-dealkylation sites (tertiary alicyclic amines) is 1. The van der Waals surface area contributed by atoms with Crippen molar-refractivity contribution in [3.05, 3.63) is 0 Å². The second-order valence-electron chi connectivity index (χ2n) is 8.06. The molecule has 30 heavy (non-hydrogen) atoms. The molecular formula is C22H51N5O3. The minimum Gasteiger partial charge on any atom is -0.465 e. The van der Waals surface area contributed by atoms with Gasteiger partial charge >= 0.3 is 6.09 Å². The van der Waals surface area contributed by atoms with Gasteiger partial charge in [0.15, 0.2) is 0 Å². The highest BCUT2D eigenvalue weighted by molar-refractivity contribution is 5.63. The maximum Gasteiger partial charge on any atom is 0.406 e. The summed E-state index contributed by atoms with van der Waals surface area (Å²) < 4.78 is 5.10. The number of piperidine rings is 1. The summed E-state index contributed by atoms with van der Waals surface area (Å²) in [7, 11) is 11.6. The molecule has 1 amide bonds. The van der Waals surface area contributed by atoms with Crippen LogP contribution >= 0.6 is 0 Å². The molecule has 0 aliphatic carbocycles. The fourth-order valence-electron chi connectivity index (χ4n) is 2.61. The van der Waals surface area contributed by atoms with Crippen LogP contribution < -0.4 is 0 Å². The number of ether oxygens (including phenoxy) is 1. The molecule has 3 fully saturated rings. The number of likely N-dealkylation sites (N-methyl/N-ethyl adjacent to an activating group) is 3. The first-order valence-electron chi connectivity index (χ1n) is 11.4. The Balaban J connectivity index is 0. The van der Waals surface area contributed by atoms with E-state index in [4.69, 9.17) is 9.84 Å². The molecule has 3 aliphatic heterocycles. The number of nitrogens with zero attached hydrogens (tertiary/aromatic N) is 5. The van der Waals surface area contributed by atoms with E-state index in [-0.39, 0.29) is 0 Å². The van der Waals surface area contributed by atoms with Crippen molar-refractivity contribution in [2.45, 2.75) is 33.1 Å². The number of piperazine rings is 1. The van der Waals surface area contributed by atoms with Gasteiger partial charge in [0.1, 0.15) is 0 Å². The van der Waals surface area contributed by atoms with Crippen molar-refractivity contribution >= 4 is 6.09 Å². The van der Waals surface area contributed by atoms with Gasteiger partial charge < -0.3 is 34.3 Å². The second-order valence-corrected chi connectivity index (χ2v) is 8.06. The molecule has 3 heterocycles. The van der Waals surface area contributed by atoms with Crippen molar-refractivity contribution < 1.29 is 14.6 Å². The molecule has 0 atom stereocenters. The summed E-state index contributed by atoms with van der Waals surface area (Å²) in [5.41, 5.74) is 0. The van der Waals surface area contributed by atoms with Gasteiger partial charge in [-0.2, -0.15) is 0 Å². The van der Waals surface area contributed by atoms with Gasteiger partial charge in [0.2, 0.25) is 0 Å². The molecule has 0 saturated carbocycles. The highest BCUT2D eigenvalue weighted by Crippen LogP contribution is 2.04. The molecule has 0 radical (unpaired) electrons. The van der Waals surface area contributed by atoms with Gasteiger partial charge in [-0.15, -0.1) is 0 Å². The highest BCUT2D eigenvalue weighted by atomic mass is 16.5. The van der Waals surface area contributed by atoms with Crippen LogP contribution in [-0.2, 0) is 4.74 Å². The fourth-order valence-corrected chi connectivity index (χ4v) is 2.61. The van der Waals surface area contributed by atoms with Gasteiger partial charge in [-0.05, 0) is 54.1 Å². The van der Waals surface area contributed by atoms with Crippen LogP contribution in [0, 0.1) is 0 Å². The number of amides is 1. The first-order chi connectivity index (χ1) is 14.2. The van der Waals surface area contributed by atoms with Crippen molar-refractivity contribution in [1.82, 2.24) is 24.5 Å². The molecule has 1 N–H and O–H groups in total. The zero-order valence-electron chi connectivity index (χ0n) is 21.2. The van der Waals surface area contributed by atoms with Crippen LogP contribution in [0.25, 0.3) is 0 Å². The van der Waals surface area contributed by atoms with Crippen LogP contribution in [0.2, 0.25) is 0 Å². The van der Waals surface area contributed by atoms with E-state index >= 15 is 0 Å². The maximum atomic E-state index is 9.62. The average molecular weight is 434 g/mol. The number of rotatable bonds is 0. The third kappa shape index (κ3) is 21.8. The van der Waals surface area contributed by atoms with Crippen molar-refractivity contribution in [2.24, 2.45) is 0 Å². The molecule has 3 aliphatic rings. The molecule has 0 spiro atoms. The van der Waals surface area contributed by atoms with Gasteiger partial charge in [0.25, 0.3) is 0 Å². The number of hydrogen-bond donors (Lipinski definition) is 1. The van der Waals surface area contributed by atoms with E-state index in [0.29, 0.717) is 0 Å². The summed E-state index contributed by atoms with van der Waals surface area (Å²) in [5.74, 6) is 0. The van der Waals surface area contributed by atoms with Gasteiger partial charge in [-0.25, -0.2) is 4.79 Å². The van der Waals surface area contributed by atoms with E-state index in [0.717, 1.165) is 31.2 Å². The van der Waals surface area contributed by atoms with Crippen molar-refractivity contribution in [1.29, 1.82) is 0 Å². The molecule has 3 rings (SSSR count). The van der Waals surface area contributed by atoms with E-state index in [9.17, 15) is 4.79 Å². The lowest BCUT2D eigenvalue weighted by Crippen LogP contribution is -2.42. The lowest BCUT2D eigenvalue weighted by atomic mass is 10.1. The predicted molar refractivity (Wildman–Crippen MR) is 128 cm³/mol. The molecule has 0 aromatic rings. The number of carboxylic acid groups (broad SMARTS) is 1. The SMILES string of the molecule is CC.CN(C)C(=O)O.CN1CCCCC1.CN1CCN(C)CC1.CN1CCOCC1. The molecule has 0 bridgehead atoms. The van der Waals surface area contributed by atoms with Gasteiger partial charge in [-0.1, -0.05) is 20.3 Å². The third-order valence-corrected chi connectivity index (χ3v) is 4.92. The number of hydrogen-bond acceptors (Lipinski definition) is 6. The largest absolute Gasteiger partial charge is 0.465 e. The van der Waals surface area contributed by atoms with Crippen molar-refractivity contribution in [3.8, 4) is 0 Å². The zero-order valence-corrected chi connectivity index (χ0v) is 21.2.